The van der Waals surface area contributed by atoms with Crippen molar-refractivity contribution in [2.75, 3.05) is 37.8 Å². The Kier molecular flexibility index (Phi) is 3.08. The normalized spacial score (nSPS) is 26.6. The molecule has 0 aromatic carbocycles. The second-order valence-electron chi connectivity index (χ2n) is 3.74. The molecule has 92 valence electrons. The summed E-state index contributed by atoms with van der Waals surface area (Å²) in [6.07, 6.45) is 1.29. The zero-order valence-electron chi connectivity index (χ0n) is 8.62. The molecule has 0 N–H and O–H groups in total. The first-order valence-electron chi connectivity index (χ1n) is 4.89. The van der Waals surface area contributed by atoms with Crippen LogP contribution in [0, 0.1) is 0 Å². The fourth-order valence-electron chi connectivity index (χ4n) is 1.69. The summed E-state index contributed by atoms with van der Waals surface area (Å²) in [6, 6.07) is 0. The summed E-state index contributed by atoms with van der Waals surface area (Å²) in [7, 11) is -6.84. The highest BCUT2D eigenvalue weighted by atomic mass is 32.2. The Morgan fingerprint density at radius 2 is 1.88 bits per heavy atom. The van der Waals surface area contributed by atoms with Crippen LogP contribution in [0.15, 0.2) is 11.0 Å². The number of nitrogens with zero attached hydrogens (tertiary/aromatic N) is 1. The van der Waals surface area contributed by atoms with Crippen molar-refractivity contribution < 1.29 is 21.6 Å². The summed E-state index contributed by atoms with van der Waals surface area (Å²) in [5.41, 5.74) is 0. The predicted octanol–water partition coefficient (Wildman–Crippen LogP) is -1.04. The van der Waals surface area contributed by atoms with Crippen molar-refractivity contribution in [2.24, 2.45) is 0 Å². The number of rotatable bonds is 2. The van der Waals surface area contributed by atoms with Gasteiger partial charge in [0.2, 0.25) is 10.0 Å². The van der Waals surface area contributed by atoms with Crippen LogP contribution in [0.25, 0.3) is 0 Å². The smallest absolute Gasteiger partial charge is 0.240 e. The van der Waals surface area contributed by atoms with E-state index in [4.69, 9.17) is 4.74 Å². The van der Waals surface area contributed by atoms with Crippen LogP contribution in [-0.2, 0) is 24.6 Å². The maximum Gasteiger partial charge on any atom is 0.240 e. The molecule has 6 nitrogen and oxygen atoms in total. The molecule has 0 bridgehead atoms. The fourth-order valence-corrected chi connectivity index (χ4v) is 5.31. The average molecular weight is 267 g/mol. The molecule has 8 heteroatoms. The van der Waals surface area contributed by atoms with E-state index in [9.17, 15) is 16.8 Å². The largest absolute Gasteiger partial charge is 0.379 e. The van der Waals surface area contributed by atoms with E-state index in [1.54, 1.807) is 0 Å². The van der Waals surface area contributed by atoms with Gasteiger partial charge in [0.15, 0.2) is 9.84 Å². The molecular weight excluding hydrogens is 254 g/mol. The molecule has 0 spiro atoms. The number of morpholine rings is 1. The summed E-state index contributed by atoms with van der Waals surface area (Å²) in [6.45, 7) is 1.30. The van der Waals surface area contributed by atoms with E-state index in [1.807, 2.05) is 0 Å². The molecule has 2 heterocycles. The van der Waals surface area contributed by atoms with Gasteiger partial charge in [-0.15, -0.1) is 0 Å². The highest BCUT2D eigenvalue weighted by Gasteiger charge is 2.34. The highest BCUT2D eigenvalue weighted by Crippen LogP contribution is 2.21. The summed E-state index contributed by atoms with van der Waals surface area (Å²) >= 11 is 0. The second-order valence-corrected chi connectivity index (χ2v) is 7.84. The molecule has 1 saturated heterocycles. The van der Waals surface area contributed by atoms with Gasteiger partial charge < -0.3 is 4.74 Å². The van der Waals surface area contributed by atoms with E-state index in [2.05, 4.69) is 0 Å². The third kappa shape index (κ3) is 2.29. The quantitative estimate of drug-likeness (QED) is 0.638. The molecule has 2 aliphatic heterocycles. The lowest BCUT2D eigenvalue weighted by Gasteiger charge is -2.26. The zero-order chi connectivity index (χ0) is 11.8. The van der Waals surface area contributed by atoms with Crippen LogP contribution >= 0.6 is 0 Å². The lowest BCUT2D eigenvalue weighted by molar-refractivity contribution is 0.0734. The van der Waals surface area contributed by atoms with Gasteiger partial charge in [0.25, 0.3) is 0 Å². The van der Waals surface area contributed by atoms with Gasteiger partial charge in [0.05, 0.1) is 29.6 Å². The van der Waals surface area contributed by atoms with Crippen molar-refractivity contribution in [3.05, 3.63) is 11.0 Å². The Morgan fingerprint density at radius 3 is 2.38 bits per heavy atom. The lowest BCUT2D eigenvalue weighted by Crippen LogP contribution is -2.41. The Bertz CT molecular complexity index is 499. The molecule has 0 atom stereocenters. The summed E-state index contributed by atoms with van der Waals surface area (Å²) < 4.78 is 52.8. The number of hydrogen-bond acceptors (Lipinski definition) is 5. The van der Waals surface area contributed by atoms with Gasteiger partial charge in [-0.1, -0.05) is 6.08 Å². The number of hydrogen-bond donors (Lipinski definition) is 0. The van der Waals surface area contributed by atoms with Crippen molar-refractivity contribution in [3.8, 4) is 0 Å². The van der Waals surface area contributed by atoms with E-state index in [0.29, 0.717) is 26.3 Å². The second kappa shape index (κ2) is 4.10. The van der Waals surface area contributed by atoms with Crippen LogP contribution in [0.4, 0.5) is 0 Å². The lowest BCUT2D eigenvalue weighted by atomic mass is 10.5. The molecule has 0 aliphatic carbocycles. The summed E-state index contributed by atoms with van der Waals surface area (Å²) in [4.78, 5) is 0.00870. The van der Waals surface area contributed by atoms with Gasteiger partial charge in [-0.05, 0) is 0 Å². The molecule has 16 heavy (non-hydrogen) atoms. The van der Waals surface area contributed by atoms with Gasteiger partial charge >= 0.3 is 0 Å². The molecule has 0 aromatic heterocycles. The van der Waals surface area contributed by atoms with E-state index in [0.717, 1.165) is 0 Å². The zero-order valence-corrected chi connectivity index (χ0v) is 10.3. The number of sulfone groups is 1. The molecule has 0 unspecified atom stereocenters. The summed E-state index contributed by atoms with van der Waals surface area (Å²) in [5, 5.41) is 0. The average Bonchev–Trinajstić information content (AvgIpc) is 2.61. The Labute approximate surface area is 94.9 Å². The first-order chi connectivity index (χ1) is 7.42. The fraction of sp³-hybridized carbons (Fsp3) is 0.750. The van der Waals surface area contributed by atoms with E-state index in [-0.39, 0.29) is 16.4 Å². The SMILES string of the molecule is O=S1(=O)CC=C(S(=O)(=O)N2CCOCC2)C1. The van der Waals surface area contributed by atoms with Crippen LogP contribution in [0.2, 0.25) is 0 Å². The topological polar surface area (TPSA) is 80.8 Å². The molecule has 0 amide bonds. The maximum atomic E-state index is 12.0. The van der Waals surface area contributed by atoms with Crippen molar-refractivity contribution in [2.45, 2.75) is 0 Å². The van der Waals surface area contributed by atoms with Crippen molar-refractivity contribution in [1.29, 1.82) is 0 Å². The summed E-state index contributed by atoms with van der Waals surface area (Å²) in [5.74, 6) is -0.543. The number of ether oxygens (including phenoxy) is 1. The van der Waals surface area contributed by atoms with Gasteiger partial charge in [0.1, 0.15) is 0 Å². The van der Waals surface area contributed by atoms with Crippen molar-refractivity contribution in [1.82, 2.24) is 4.31 Å². The standard InChI is InChI=1S/C8H13NO5S2/c10-15(11)6-1-8(7-15)16(12,13)9-2-4-14-5-3-9/h1H,2-7H2. The maximum absolute atomic E-state index is 12.0. The van der Waals surface area contributed by atoms with E-state index in [1.165, 1.54) is 10.4 Å². The molecule has 0 aromatic rings. The predicted molar refractivity (Wildman–Crippen MR) is 58.0 cm³/mol. The molecular formula is C8H13NO5S2. The van der Waals surface area contributed by atoms with Gasteiger partial charge in [-0.25, -0.2) is 16.8 Å². The minimum Gasteiger partial charge on any atom is -0.379 e. The monoisotopic (exact) mass is 267 g/mol. The minimum atomic E-state index is -3.60. The van der Waals surface area contributed by atoms with E-state index < -0.39 is 19.9 Å². The van der Waals surface area contributed by atoms with Gasteiger partial charge in [-0.3, -0.25) is 0 Å². The van der Waals surface area contributed by atoms with Gasteiger partial charge in [-0.2, -0.15) is 4.31 Å². The minimum absolute atomic E-state index is 0.00870. The van der Waals surface area contributed by atoms with Crippen LogP contribution < -0.4 is 0 Å². The molecule has 0 saturated carbocycles. The Balaban J connectivity index is 2.20. The van der Waals surface area contributed by atoms with Crippen molar-refractivity contribution >= 4 is 19.9 Å². The highest BCUT2D eigenvalue weighted by molar-refractivity contribution is 7.97. The Hall–Kier alpha value is -0.440. The van der Waals surface area contributed by atoms with Crippen LogP contribution in [0.3, 0.4) is 0 Å². The van der Waals surface area contributed by atoms with Crippen LogP contribution in [-0.4, -0.2) is 58.9 Å². The van der Waals surface area contributed by atoms with E-state index >= 15 is 0 Å². The van der Waals surface area contributed by atoms with Gasteiger partial charge in [0, 0.05) is 13.1 Å². The molecule has 0 radical (unpaired) electrons. The Morgan fingerprint density at radius 1 is 1.25 bits per heavy atom. The molecule has 2 rings (SSSR count). The van der Waals surface area contributed by atoms with Crippen molar-refractivity contribution in [3.63, 3.8) is 0 Å². The molecule has 2 aliphatic rings. The first kappa shape index (κ1) is 12.0. The molecule has 1 fully saturated rings. The van der Waals surface area contributed by atoms with Crippen LogP contribution in [0.1, 0.15) is 0 Å². The first-order valence-corrected chi connectivity index (χ1v) is 8.15. The number of sulfonamides is 1. The third-order valence-electron chi connectivity index (χ3n) is 2.57. The third-order valence-corrected chi connectivity index (χ3v) is 6.20. The van der Waals surface area contributed by atoms with Crippen LogP contribution in [0.5, 0.6) is 0 Å².